The predicted molar refractivity (Wildman–Crippen MR) is 106 cm³/mol. The van der Waals surface area contributed by atoms with E-state index in [1.54, 1.807) is 0 Å². The van der Waals surface area contributed by atoms with Crippen LogP contribution in [0.5, 0.6) is 0 Å². The number of unbranched alkanes of at least 4 members (excludes halogenated alkanes) is 3. The number of carbonyl (C=O) groups is 1. The van der Waals surface area contributed by atoms with E-state index in [2.05, 4.69) is 6.92 Å². The van der Waals surface area contributed by atoms with Gasteiger partial charge < -0.3 is 54.7 Å². The number of Topliss-reactive ketones (excluding diaryl/α,β-unsaturated/α-hetero) is 1. The number of hydrogen-bond donors (Lipinski definition) is 7. The van der Waals surface area contributed by atoms with Crippen molar-refractivity contribution in [1.29, 1.82) is 0 Å². The summed E-state index contributed by atoms with van der Waals surface area (Å²) in [6, 6.07) is 0. The van der Waals surface area contributed by atoms with Gasteiger partial charge in [-0.05, 0) is 6.42 Å². The molecule has 2 aliphatic rings. The lowest BCUT2D eigenvalue weighted by atomic mass is 9.97. The predicted octanol–water partition coefficient (Wildman–Crippen LogP) is -2.83. The van der Waals surface area contributed by atoms with E-state index >= 15 is 0 Å². The van der Waals surface area contributed by atoms with Gasteiger partial charge >= 0.3 is 0 Å². The molecule has 2 fully saturated rings. The second-order valence-electron chi connectivity index (χ2n) is 8.21. The Labute approximate surface area is 186 Å². The smallest absolute Gasteiger partial charge is 0.187 e. The maximum absolute atomic E-state index is 11.9. The molecule has 2 rings (SSSR count). The van der Waals surface area contributed by atoms with E-state index in [1.807, 2.05) is 0 Å². The van der Waals surface area contributed by atoms with E-state index in [0.29, 0.717) is 6.42 Å². The van der Waals surface area contributed by atoms with Gasteiger partial charge in [0.2, 0.25) is 0 Å². The number of hydrogen-bond acceptors (Lipinski definition) is 12. The minimum Gasteiger partial charge on any atom is -0.394 e. The molecule has 0 bridgehead atoms. The fraction of sp³-hybridized carbons (Fsp3) is 0.950. The Morgan fingerprint density at radius 1 is 0.844 bits per heavy atom. The van der Waals surface area contributed by atoms with Crippen LogP contribution in [-0.4, -0.2) is 123 Å². The lowest BCUT2D eigenvalue weighted by Gasteiger charge is -2.45. The third-order valence-corrected chi connectivity index (χ3v) is 5.65. The highest BCUT2D eigenvalue weighted by atomic mass is 16.7. The molecule has 0 aromatic heterocycles. The third kappa shape index (κ3) is 7.11. The van der Waals surface area contributed by atoms with Crippen LogP contribution >= 0.6 is 0 Å². The molecule has 0 amide bonds. The van der Waals surface area contributed by atoms with Gasteiger partial charge in [-0.2, -0.15) is 0 Å². The van der Waals surface area contributed by atoms with Crippen LogP contribution in [0.1, 0.15) is 39.0 Å². The normalized spacial score (nSPS) is 40.4. The number of ketones is 1. The Morgan fingerprint density at radius 3 is 2.22 bits per heavy atom. The van der Waals surface area contributed by atoms with E-state index in [1.165, 1.54) is 0 Å². The molecular formula is C20H36O12. The summed E-state index contributed by atoms with van der Waals surface area (Å²) >= 11 is 0. The molecule has 12 nitrogen and oxygen atoms in total. The quantitative estimate of drug-likeness (QED) is 0.145. The van der Waals surface area contributed by atoms with Crippen molar-refractivity contribution in [2.24, 2.45) is 0 Å². The number of rotatable bonds is 12. The topological polar surface area (TPSA) is 196 Å². The van der Waals surface area contributed by atoms with Crippen LogP contribution in [0.4, 0.5) is 0 Å². The fourth-order valence-electron chi connectivity index (χ4n) is 3.67. The van der Waals surface area contributed by atoms with Crippen molar-refractivity contribution in [3.8, 4) is 0 Å². The molecule has 2 saturated heterocycles. The van der Waals surface area contributed by atoms with Gasteiger partial charge in [-0.15, -0.1) is 0 Å². The second-order valence-corrected chi connectivity index (χ2v) is 8.21. The molecule has 12 heteroatoms. The Bertz CT molecular complexity index is 561. The molecule has 0 spiro atoms. The fourth-order valence-corrected chi connectivity index (χ4v) is 3.67. The molecule has 2 heterocycles. The number of ether oxygens (including phenoxy) is 4. The number of aliphatic hydroxyl groups is 7. The zero-order valence-corrected chi connectivity index (χ0v) is 18.1. The number of carbonyl (C=O) groups excluding carboxylic acids is 1. The zero-order chi connectivity index (χ0) is 23.8. The summed E-state index contributed by atoms with van der Waals surface area (Å²) in [6.45, 7) is 0.904. The van der Waals surface area contributed by atoms with Crippen molar-refractivity contribution in [3.63, 3.8) is 0 Å². The molecule has 0 aromatic rings. The van der Waals surface area contributed by atoms with Crippen LogP contribution in [-0.2, 0) is 23.7 Å². The Kier molecular flexibility index (Phi) is 11.3. The monoisotopic (exact) mass is 468 g/mol. The largest absolute Gasteiger partial charge is 0.394 e. The first-order chi connectivity index (χ1) is 15.2. The summed E-state index contributed by atoms with van der Waals surface area (Å²) in [6.07, 6.45) is -11.4. The molecule has 0 aliphatic carbocycles. The molecule has 0 unspecified atom stereocenters. The highest BCUT2D eigenvalue weighted by molar-refractivity contribution is 5.79. The Hall–Kier alpha value is -0.770. The van der Waals surface area contributed by atoms with Crippen molar-refractivity contribution >= 4 is 5.78 Å². The van der Waals surface area contributed by atoms with E-state index in [4.69, 9.17) is 18.9 Å². The average molecular weight is 468 g/mol. The first kappa shape index (κ1) is 27.5. The summed E-state index contributed by atoms with van der Waals surface area (Å²) in [5, 5.41) is 69.5. The molecule has 0 saturated carbocycles. The minimum absolute atomic E-state index is 0.111. The standard InChI is InChI=1S/C20H36O12/c1-2-3-4-5-6-10(22)8-29-9-12-13(23)14(24)17(27)20(31-12)32-18-11(7-21)30-19(28)16(26)15(18)25/h11-21,23-28H,2-9H2,1H3/t11-,12-,13-,14+,15-,16-,17-,18-,19-,20+/m1/s1. The lowest BCUT2D eigenvalue weighted by molar-refractivity contribution is -0.355. The maximum atomic E-state index is 11.9. The Balaban J connectivity index is 1.91. The van der Waals surface area contributed by atoms with E-state index in [0.717, 1.165) is 25.7 Å². The van der Waals surface area contributed by atoms with Gasteiger partial charge in [0.25, 0.3) is 0 Å². The van der Waals surface area contributed by atoms with Crippen molar-refractivity contribution in [1.82, 2.24) is 0 Å². The highest BCUT2D eigenvalue weighted by Gasteiger charge is 2.50. The minimum atomic E-state index is -1.76. The summed E-state index contributed by atoms with van der Waals surface area (Å²) < 4.78 is 21.2. The molecule has 7 N–H and O–H groups in total. The summed E-state index contributed by atoms with van der Waals surface area (Å²) in [4.78, 5) is 11.9. The summed E-state index contributed by atoms with van der Waals surface area (Å²) in [7, 11) is 0. The second kappa shape index (κ2) is 13.2. The molecule has 0 radical (unpaired) electrons. The third-order valence-electron chi connectivity index (χ3n) is 5.65. The Morgan fingerprint density at radius 2 is 1.56 bits per heavy atom. The van der Waals surface area contributed by atoms with Gasteiger partial charge in [0, 0.05) is 6.42 Å². The molecular weight excluding hydrogens is 432 g/mol. The molecule has 32 heavy (non-hydrogen) atoms. The van der Waals surface area contributed by atoms with Crippen molar-refractivity contribution in [2.75, 3.05) is 19.8 Å². The molecule has 0 aromatic carbocycles. The van der Waals surface area contributed by atoms with Crippen LogP contribution in [0.2, 0.25) is 0 Å². The average Bonchev–Trinajstić information content (AvgIpc) is 2.78. The zero-order valence-electron chi connectivity index (χ0n) is 18.1. The van der Waals surface area contributed by atoms with Gasteiger partial charge in [0.1, 0.15) is 55.4 Å². The van der Waals surface area contributed by atoms with Crippen LogP contribution in [0.3, 0.4) is 0 Å². The van der Waals surface area contributed by atoms with Gasteiger partial charge in [-0.25, -0.2) is 0 Å². The molecule has 10 atom stereocenters. The van der Waals surface area contributed by atoms with Crippen molar-refractivity contribution in [3.05, 3.63) is 0 Å². The van der Waals surface area contributed by atoms with Crippen LogP contribution < -0.4 is 0 Å². The van der Waals surface area contributed by atoms with Gasteiger partial charge in [0.05, 0.1) is 13.2 Å². The molecule has 2 aliphatic heterocycles. The first-order valence-corrected chi connectivity index (χ1v) is 11.0. The number of aliphatic hydroxyl groups excluding tert-OH is 7. The van der Waals surface area contributed by atoms with Crippen LogP contribution in [0.25, 0.3) is 0 Å². The summed E-state index contributed by atoms with van der Waals surface area (Å²) in [5.74, 6) is -0.111. The van der Waals surface area contributed by atoms with Crippen molar-refractivity contribution in [2.45, 2.75) is 100 Å². The van der Waals surface area contributed by atoms with E-state index in [-0.39, 0.29) is 19.0 Å². The highest BCUT2D eigenvalue weighted by Crippen LogP contribution is 2.28. The van der Waals surface area contributed by atoms with Gasteiger partial charge in [0.15, 0.2) is 18.4 Å². The van der Waals surface area contributed by atoms with E-state index < -0.39 is 68.0 Å². The summed E-state index contributed by atoms with van der Waals surface area (Å²) in [5.41, 5.74) is 0. The lowest BCUT2D eigenvalue weighted by Crippen LogP contribution is -2.64. The van der Waals surface area contributed by atoms with Crippen LogP contribution in [0.15, 0.2) is 0 Å². The van der Waals surface area contributed by atoms with Gasteiger partial charge in [-0.1, -0.05) is 26.2 Å². The SMILES string of the molecule is CCCCCCC(=O)COC[C@H]1O[C@@H](O[C@H]2[C@H](O)[C@@H](O)[C@H](O)O[C@@H]2CO)[C@H](O)[C@@H](O)[C@@H]1O. The first-order valence-electron chi connectivity index (χ1n) is 11.0. The molecule has 188 valence electrons. The van der Waals surface area contributed by atoms with Gasteiger partial charge in [-0.3, -0.25) is 4.79 Å². The maximum Gasteiger partial charge on any atom is 0.187 e. The van der Waals surface area contributed by atoms with Crippen molar-refractivity contribution < 1.29 is 59.5 Å². The van der Waals surface area contributed by atoms with Crippen LogP contribution in [0, 0.1) is 0 Å². The van der Waals surface area contributed by atoms with E-state index in [9.17, 15) is 40.5 Å².